The van der Waals surface area contributed by atoms with Crippen LogP contribution < -0.4 is 11.1 Å². The average Bonchev–Trinajstić information content (AvgIpc) is 2.85. The number of amides is 4. The molecule has 0 radical (unpaired) electrons. The number of urea groups is 1. The van der Waals surface area contributed by atoms with Crippen LogP contribution in [0.25, 0.3) is 10.8 Å². The molecule has 3 atom stereocenters. The number of nitrogens with two attached hydrogens (primary N) is 1. The highest BCUT2D eigenvalue weighted by molar-refractivity contribution is 6.02. The second-order valence-corrected chi connectivity index (χ2v) is 8.35. The number of nitrogens with one attached hydrogen (secondary N) is 1. The van der Waals surface area contributed by atoms with Crippen molar-refractivity contribution < 1.29 is 23.9 Å². The Morgan fingerprint density at radius 1 is 1.03 bits per heavy atom. The highest BCUT2D eigenvalue weighted by Crippen LogP contribution is 2.39. The lowest BCUT2D eigenvalue weighted by molar-refractivity contribution is -0.219. The van der Waals surface area contributed by atoms with Gasteiger partial charge in [0.15, 0.2) is 0 Å². The van der Waals surface area contributed by atoms with Gasteiger partial charge < -0.3 is 15.8 Å². The Hall–Kier alpha value is -4.24. The Kier molecular flexibility index (Phi) is 6.79. The van der Waals surface area contributed by atoms with Crippen molar-refractivity contribution in [2.75, 3.05) is 0 Å². The molecule has 3 N–H and O–H groups in total. The van der Waals surface area contributed by atoms with E-state index in [-0.39, 0.29) is 6.54 Å². The maximum Gasteiger partial charge on any atom is 0.344 e. The van der Waals surface area contributed by atoms with Crippen LogP contribution in [-0.2, 0) is 25.7 Å². The Bertz CT molecular complexity index is 1280. The molecule has 1 aliphatic heterocycles. The van der Waals surface area contributed by atoms with Crippen molar-refractivity contribution in [1.82, 2.24) is 15.3 Å². The zero-order valence-corrected chi connectivity index (χ0v) is 19.4. The first-order valence-corrected chi connectivity index (χ1v) is 11.2. The molecular formula is C26H26N4O5. The van der Waals surface area contributed by atoms with E-state index in [1.807, 2.05) is 66.7 Å². The summed E-state index contributed by atoms with van der Waals surface area (Å²) >= 11 is 0. The number of β-lactam (4-membered cyclic amide) rings is 1. The van der Waals surface area contributed by atoms with Crippen LogP contribution >= 0.6 is 0 Å². The largest absolute Gasteiger partial charge is 0.439 e. The minimum atomic E-state index is -1.19. The zero-order chi connectivity index (χ0) is 25.1. The molecule has 1 fully saturated rings. The van der Waals surface area contributed by atoms with Crippen molar-refractivity contribution in [3.8, 4) is 0 Å². The summed E-state index contributed by atoms with van der Waals surface area (Å²) < 4.78 is 5.42. The number of esters is 1. The van der Waals surface area contributed by atoms with Gasteiger partial charge in [0.2, 0.25) is 6.23 Å². The number of imide groups is 1. The molecule has 0 unspecified atom stereocenters. The molecular weight excluding hydrogens is 448 g/mol. The van der Waals surface area contributed by atoms with Crippen LogP contribution in [0.5, 0.6) is 0 Å². The molecule has 1 heterocycles. The molecule has 0 spiro atoms. The van der Waals surface area contributed by atoms with Crippen molar-refractivity contribution >= 4 is 34.6 Å². The van der Waals surface area contributed by atoms with Gasteiger partial charge in [0.1, 0.15) is 5.92 Å². The number of hydrogen-bond acceptors (Lipinski definition) is 6. The van der Waals surface area contributed by atoms with Crippen LogP contribution in [0.15, 0.2) is 72.8 Å². The molecule has 1 saturated heterocycles. The van der Waals surface area contributed by atoms with E-state index in [1.165, 1.54) is 13.8 Å². The second kappa shape index (κ2) is 9.94. The molecule has 9 nitrogen and oxygen atoms in total. The summed E-state index contributed by atoms with van der Waals surface area (Å²) in [5.74, 6) is -2.90. The number of hydrazine groups is 1. The van der Waals surface area contributed by atoms with E-state index in [1.54, 1.807) is 6.07 Å². The van der Waals surface area contributed by atoms with Gasteiger partial charge in [-0.3, -0.25) is 14.4 Å². The Balaban J connectivity index is 1.64. The van der Waals surface area contributed by atoms with Crippen LogP contribution in [0.1, 0.15) is 30.9 Å². The maximum absolute atomic E-state index is 13.4. The molecule has 1 aliphatic rings. The number of carbonyl (C=O) groups is 4. The first kappa shape index (κ1) is 23.9. The minimum Gasteiger partial charge on any atom is -0.439 e. The van der Waals surface area contributed by atoms with Crippen molar-refractivity contribution in [2.45, 2.75) is 38.6 Å². The molecule has 4 rings (SSSR count). The van der Waals surface area contributed by atoms with Gasteiger partial charge in [-0.15, -0.1) is 0 Å². The molecule has 35 heavy (non-hydrogen) atoms. The third-order valence-electron chi connectivity index (χ3n) is 5.73. The molecule has 0 aromatic heterocycles. The van der Waals surface area contributed by atoms with Crippen molar-refractivity contribution in [2.24, 2.45) is 5.73 Å². The lowest BCUT2D eigenvalue weighted by Gasteiger charge is -2.49. The van der Waals surface area contributed by atoms with E-state index in [0.717, 1.165) is 21.3 Å². The SMILES string of the molecule is CC(=O)O[C@H]1[C@H](c2ccc3ccccc3c2)C(=O)N1N(C(=O)NCc1ccccc1)C(=O)[C@H](C)N. The molecule has 9 heteroatoms. The van der Waals surface area contributed by atoms with E-state index in [9.17, 15) is 19.2 Å². The van der Waals surface area contributed by atoms with E-state index in [0.29, 0.717) is 10.6 Å². The quantitative estimate of drug-likeness (QED) is 0.418. The Morgan fingerprint density at radius 2 is 1.69 bits per heavy atom. The fraction of sp³-hybridized carbons (Fsp3) is 0.231. The highest BCUT2D eigenvalue weighted by atomic mass is 16.6. The number of nitrogens with zero attached hydrogens (tertiary/aromatic N) is 2. The van der Waals surface area contributed by atoms with Gasteiger partial charge in [-0.1, -0.05) is 72.8 Å². The molecule has 0 aliphatic carbocycles. The Morgan fingerprint density at radius 3 is 2.34 bits per heavy atom. The summed E-state index contributed by atoms with van der Waals surface area (Å²) in [4.78, 5) is 51.3. The average molecular weight is 475 g/mol. The number of rotatable bonds is 6. The number of carbonyl (C=O) groups excluding carboxylic acids is 4. The van der Waals surface area contributed by atoms with Gasteiger partial charge in [0.25, 0.3) is 11.8 Å². The van der Waals surface area contributed by atoms with Gasteiger partial charge in [-0.05, 0) is 28.8 Å². The number of benzene rings is 3. The number of hydrogen-bond donors (Lipinski definition) is 2. The zero-order valence-electron chi connectivity index (χ0n) is 19.4. The van der Waals surface area contributed by atoms with E-state index in [4.69, 9.17) is 10.5 Å². The molecule has 180 valence electrons. The normalized spacial score (nSPS) is 17.9. The second-order valence-electron chi connectivity index (χ2n) is 8.35. The van der Waals surface area contributed by atoms with Gasteiger partial charge in [-0.2, -0.15) is 5.01 Å². The summed E-state index contributed by atoms with van der Waals surface area (Å²) in [5, 5.41) is 6.03. The monoisotopic (exact) mass is 474 g/mol. The summed E-state index contributed by atoms with van der Waals surface area (Å²) in [6.07, 6.45) is -1.19. The lowest BCUT2D eigenvalue weighted by Crippen LogP contribution is -2.71. The summed E-state index contributed by atoms with van der Waals surface area (Å²) in [5.41, 5.74) is 7.19. The van der Waals surface area contributed by atoms with Crippen LogP contribution in [0, 0.1) is 0 Å². The van der Waals surface area contributed by atoms with Crippen molar-refractivity contribution in [3.05, 3.63) is 83.9 Å². The predicted molar refractivity (Wildman–Crippen MR) is 128 cm³/mol. The fourth-order valence-electron chi connectivity index (χ4n) is 4.00. The summed E-state index contributed by atoms with van der Waals surface area (Å²) in [7, 11) is 0. The van der Waals surface area contributed by atoms with E-state index in [2.05, 4.69) is 5.32 Å². The lowest BCUT2D eigenvalue weighted by atomic mass is 9.87. The standard InChI is InChI=1S/C26H26N4O5/c1-16(27)23(32)30(26(34)28-15-18-8-4-3-5-9-18)29-24(33)22(25(29)35-17(2)31)21-13-12-19-10-6-7-11-20(19)14-21/h3-14,16,22,25H,15,27H2,1-2H3,(H,28,34)/t16-,22+,25-/m0/s1. The van der Waals surface area contributed by atoms with Crippen LogP contribution in [-0.4, -0.2) is 46.1 Å². The number of ether oxygens (including phenoxy) is 1. The van der Waals surface area contributed by atoms with Gasteiger partial charge >= 0.3 is 12.0 Å². The topological polar surface area (TPSA) is 122 Å². The molecule has 0 saturated carbocycles. The van der Waals surface area contributed by atoms with Crippen LogP contribution in [0.2, 0.25) is 0 Å². The van der Waals surface area contributed by atoms with E-state index < -0.39 is 42.0 Å². The molecule has 4 amide bonds. The summed E-state index contributed by atoms with van der Waals surface area (Å²) in [6, 6.07) is 20.3. The maximum atomic E-state index is 13.4. The van der Waals surface area contributed by atoms with Gasteiger partial charge in [0.05, 0.1) is 6.04 Å². The molecule has 3 aromatic rings. The highest BCUT2D eigenvalue weighted by Gasteiger charge is 2.56. The third kappa shape index (κ3) is 4.85. The summed E-state index contributed by atoms with van der Waals surface area (Å²) in [6.45, 7) is 2.73. The Labute approximate surface area is 202 Å². The fourth-order valence-corrected chi connectivity index (χ4v) is 4.00. The minimum absolute atomic E-state index is 0.122. The molecule has 3 aromatic carbocycles. The van der Waals surface area contributed by atoms with Crippen LogP contribution in [0.4, 0.5) is 4.79 Å². The first-order valence-electron chi connectivity index (χ1n) is 11.2. The number of fused-ring (bicyclic) bond motifs is 1. The van der Waals surface area contributed by atoms with E-state index >= 15 is 0 Å². The van der Waals surface area contributed by atoms with Gasteiger partial charge in [0, 0.05) is 13.5 Å². The van der Waals surface area contributed by atoms with Crippen molar-refractivity contribution in [3.63, 3.8) is 0 Å². The molecule has 0 bridgehead atoms. The first-order chi connectivity index (χ1) is 16.8. The van der Waals surface area contributed by atoms with Gasteiger partial charge in [-0.25, -0.2) is 9.80 Å². The smallest absolute Gasteiger partial charge is 0.344 e. The van der Waals surface area contributed by atoms with Crippen molar-refractivity contribution in [1.29, 1.82) is 0 Å². The van der Waals surface area contributed by atoms with Crippen LogP contribution in [0.3, 0.4) is 0 Å². The predicted octanol–water partition coefficient (Wildman–Crippen LogP) is 2.66. The third-order valence-corrected chi connectivity index (χ3v) is 5.73.